The maximum Gasteiger partial charge on any atom is 0.408 e. The Morgan fingerprint density at radius 2 is 1.06 bits per heavy atom. The van der Waals surface area contributed by atoms with Gasteiger partial charge >= 0.3 is 18.2 Å². The quantitative estimate of drug-likeness (QED) is 0.0708. The van der Waals surface area contributed by atoms with Crippen molar-refractivity contribution in [2.75, 3.05) is 23.7 Å². The predicted octanol–water partition coefficient (Wildman–Crippen LogP) is 7.92. The molecule has 5 aromatic rings. The number of hydrogen-bond donors (Lipinski definition) is 6. The number of H-pyrrole nitrogens is 1. The first-order valence-corrected chi connectivity index (χ1v) is 22.6. The van der Waals surface area contributed by atoms with Crippen molar-refractivity contribution in [2.24, 2.45) is 0 Å². The second kappa shape index (κ2) is 20.0. The number of hydrogen-bond acceptors (Lipinski definition) is 9. The summed E-state index contributed by atoms with van der Waals surface area (Å²) in [6, 6.07) is 25.0. The van der Waals surface area contributed by atoms with E-state index in [-0.39, 0.29) is 12.1 Å². The van der Waals surface area contributed by atoms with Gasteiger partial charge in [-0.3, -0.25) is 19.2 Å². The average Bonchev–Trinajstić information content (AvgIpc) is 4.06. The largest absolute Gasteiger partial charge is 0.478 e. The number of aromatic nitrogens is 1. The summed E-state index contributed by atoms with van der Waals surface area (Å²) in [6.07, 6.45) is 0.359. The van der Waals surface area contributed by atoms with Crippen molar-refractivity contribution in [3.63, 3.8) is 0 Å². The molecule has 3 heterocycles. The number of likely N-dealkylation sites (tertiary alicyclic amines) is 2. The summed E-state index contributed by atoms with van der Waals surface area (Å²) in [4.78, 5) is 100. The minimum absolute atomic E-state index is 0.0439. The van der Waals surface area contributed by atoms with Gasteiger partial charge in [-0.25, -0.2) is 14.4 Å². The number of carbonyl (C=O) groups is 7. The maximum atomic E-state index is 14.1. The molecule has 0 unspecified atom stereocenters. The van der Waals surface area contributed by atoms with Crippen molar-refractivity contribution in [1.82, 2.24) is 25.4 Å². The maximum absolute atomic E-state index is 14.1. The van der Waals surface area contributed by atoms with E-state index in [1.165, 1.54) is 9.80 Å². The molecular weight excluding hydrogens is 871 g/mol. The van der Waals surface area contributed by atoms with E-state index in [1.54, 1.807) is 145 Å². The van der Waals surface area contributed by atoms with Gasteiger partial charge in [-0.05, 0) is 114 Å². The lowest BCUT2D eigenvalue weighted by Crippen LogP contribution is -2.49. The number of fused-ring (bicyclic) bond motifs is 1. The van der Waals surface area contributed by atoms with Crippen LogP contribution in [0.3, 0.4) is 0 Å². The SMILES string of the molecule is CC(C)(C)OC(=O)N[C@@H](C(=O)N1CCC[C@H]1C(=O)Nc1ccc(-c2[nH]c3ccc(NC(=O)[C@@H]4CCCN4C(=O)[C@H](NC(=O)OC(C)(C)C)c4ccccc4)cc3c2C(=O)O)cc1)c1ccccc1. The highest BCUT2D eigenvalue weighted by Crippen LogP contribution is 2.34. The van der Waals surface area contributed by atoms with E-state index in [9.17, 15) is 38.7 Å². The average molecular weight is 928 g/mol. The molecule has 2 saturated heterocycles. The Labute approximate surface area is 393 Å². The first-order chi connectivity index (χ1) is 32.3. The third kappa shape index (κ3) is 11.5. The number of carbonyl (C=O) groups excluding carboxylic acids is 6. The van der Waals surface area contributed by atoms with Crippen LogP contribution in [0.2, 0.25) is 0 Å². The third-order valence-electron chi connectivity index (χ3n) is 11.5. The number of ether oxygens (including phenoxy) is 2. The number of aromatic carboxylic acids is 1. The summed E-state index contributed by atoms with van der Waals surface area (Å²) in [7, 11) is 0. The normalized spacial score (nSPS) is 16.9. The van der Waals surface area contributed by atoms with Gasteiger partial charge < -0.3 is 50.6 Å². The van der Waals surface area contributed by atoms with E-state index in [1.807, 2.05) is 0 Å². The summed E-state index contributed by atoms with van der Waals surface area (Å²) in [5.41, 5.74) is 1.44. The smallest absolute Gasteiger partial charge is 0.408 e. The van der Waals surface area contributed by atoms with Crippen LogP contribution in [-0.4, -0.2) is 98.1 Å². The molecule has 7 rings (SSSR count). The molecule has 1 aromatic heterocycles. The van der Waals surface area contributed by atoms with Crippen LogP contribution >= 0.6 is 0 Å². The van der Waals surface area contributed by atoms with Gasteiger partial charge in [-0.1, -0.05) is 72.8 Å². The fourth-order valence-electron chi connectivity index (χ4n) is 8.53. The number of nitrogens with one attached hydrogen (secondary N) is 5. The number of aromatic amines is 1. The molecule has 2 aliphatic rings. The van der Waals surface area contributed by atoms with Gasteiger partial charge in [0.2, 0.25) is 11.8 Å². The fraction of sp³-hybridized carbons (Fsp3) is 0.353. The van der Waals surface area contributed by atoms with Gasteiger partial charge in [0.05, 0.1) is 11.3 Å². The molecule has 0 aliphatic carbocycles. The number of nitrogens with zero attached hydrogens (tertiary/aromatic N) is 2. The predicted molar refractivity (Wildman–Crippen MR) is 255 cm³/mol. The highest BCUT2D eigenvalue weighted by molar-refractivity contribution is 6.11. The molecule has 356 valence electrons. The molecule has 0 spiro atoms. The molecule has 6 N–H and O–H groups in total. The van der Waals surface area contributed by atoms with Crippen molar-refractivity contribution in [3.05, 3.63) is 120 Å². The molecule has 0 bridgehead atoms. The van der Waals surface area contributed by atoms with Crippen LogP contribution in [0.4, 0.5) is 21.0 Å². The summed E-state index contributed by atoms with van der Waals surface area (Å²) in [6.45, 7) is 10.9. The molecule has 2 aliphatic heterocycles. The number of amides is 6. The Kier molecular flexibility index (Phi) is 14.2. The first kappa shape index (κ1) is 48.2. The number of rotatable bonds is 12. The van der Waals surface area contributed by atoms with E-state index >= 15 is 0 Å². The van der Waals surface area contributed by atoms with Gasteiger partial charge in [0, 0.05) is 35.4 Å². The van der Waals surface area contributed by atoms with E-state index < -0.39 is 77.2 Å². The van der Waals surface area contributed by atoms with Crippen molar-refractivity contribution in [2.45, 2.75) is 103 Å². The number of alkyl carbamates (subject to hydrolysis) is 2. The van der Waals surface area contributed by atoms with Gasteiger partial charge in [-0.15, -0.1) is 0 Å². The number of anilines is 2. The van der Waals surface area contributed by atoms with E-state index in [4.69, 9.17) is 9.47 Å². The number of carboxylic acid groups (broad SMARTS) is 1. The van der Waals surface area contributed by atoms with Gasteiger partial charge in [0.1, 0.15) is 35.4 Å². The molecule has 4 aromatic carbocycles. The fourth-order valence-corrected chi connectivity index (χ4v) is 8.53. The molecule has 0 radical (unpaired) electrons. The summed E-state index contributed by atoms with van der Waals surface area (Å²) >= 11 is 0. The number of benzene rings is 4. The van der Waals surface area contributed by atoms with Crippen molar-refractivity contribution >= 4 is 64.1 Å². The first-order valence-electron chi connectivity index (χ1n) is 22.6. The van der Waals surface area contributed by atoms with Crippen LogP contribution in [0, 0.1) is 0 Å². The molecule has 0 saturated carbocycles. The van der Waals surface area contributed by atoms with Crippen LogP contribution in [0.15, 0.2) is 103 Å². The third-order valence-corrected chi connectivity index (χ3v) is 11.5. The highest BCUT2D eigenvalue weighted by Gasteiger charge is 2.40. The van der Waals surface area contributed by atoms with Crippen LogP contribution < -0.4 is 21.3 Å². The van der Waals surface area contributed by atoms with Crippen molar-refractivity contribution < 1.29 is 48.1 Å². The molecule has 17 heteroatoms. The minimum atomic E-state index is -1.22. The van der Waals surface area contributed by atoms with Crippen molar-refractivity contribution in [3.8, 4) is 11.3 Å². The second-order valence-corrected chi connectivity index (χ2v) is 18.9. The Hall–Kier alpha value is -7.69. The molecule has 6 amide bonds. The molecule has 17 nitrogen and oxygen atoms in total. The highest BCUT2D eigenvalue weighted by atomic mass is 16.6. The molecule has 2 fully saturated rings. The Bertz CT molecular complexity index is 2690. The molecular formula is C51H57N7O10. The second-order valence-electron chi connectivity index (χ2n) is 18.9. The van der Waals surface area contributed by atoms with E-state index in [0.717, 1.165) is 0 Å². The van der Waals surface area contributed by atoms with Crippen LogP contribution in [0.5, 0.6) is 0 Å². The summed E-state index contributed by atoms with van der Waals surface area (Å²) < 4.78 is 10.9. The monoisotopic (exact) mass is 927 g/mol. The lowest BCUT2D eigenvalue weighted by Gasteiger charge is -2.29. The van der Waals surface area contributed by atoms with E-state index in [0.29, 0.717) is 76.9 Å². The Morgan fingerprint density at radius 3 is 1.50 bits per heavy atom. The van der Waals surface area contributed by atoms with Gasteiger partial charge in [0.25, 0.3) is 11.8 Å². The lowest BCUT2D eigenvalue weighted by molar-refractivity contribution is -0.138. The van der Waals surface area contributed by atoms with Crippen LogP contribution in [0.1, 0.15) is 101 Å². The zero-order valence-corrected chi connectivity index (χ0v) is 38.9. The minimum Gasteiger partial charge on any atom is -0.478 e. The van der Waals surface area contributed by atoms with E-state index in [2.05, 4.69) is 26.3 Å². The van der Waals surface area contributed by atoms with Gasteiger partial charge in [-0.2, -0.15) is 0 Å². The topological polar surface area (TPSA) is 229 Å². The Morgan fingerprint density at radius 1 is 0.618 bits per heavy atom. The van der Waals surface area contributed by atoms with Crippen LogP contribution in [-0.2, 0) is 28.7 Å². The lowest BCUT2D eigenvalue weighted by atomic mass is 10.0. The Balaban J connectivity index is 1.04. The molecule has 4 atom stereocenters. The number of carboxylic acids is 1. The standard InChI is InChI=1S/C51H57N7O10/c1-50(2,3)67-48(65)55-41(30-15-9-7-10-16-30)45(61)57-27-13-19-37(57)43(59)52-33-23-21-32(22-24-33)40-39(47(63)64)35-29-34(25-26-36(35)54-40)53-44(60)38-20-14-28-58(38)46(62)42(31-17-11-8-12-18-31)56-49(66)68-51(4,5)6/h7-12,15-18,21-26,29,37-38,41-42,54H,13-14,19-20,27-28H2,1-6H3,(H,52,59)(H,53,60)(H,55,65)(H,56,66)(H,63,64)/t37-,38-,41+,42+/m0/s1. The molecule has 68 heavy (non-hydrogen) atoms. The van der Waals surface area contributed by atoms with Crippen LogP contribution in [0.25, 0.3) is 22.2 Å². The summed E-state index contributed by atoms with van der Waals surface area (Å²) in [5.74, 6) is -3.03. The zero-order valence-electron chi connectivity index (χ0n) is 38.9. The van der Waals surface area contributed by atoms with Crippen molar-refractivity contribution in [1.29, 1.82) is 0 Å². The van der Waals surface area contributed by atoms with Gasteiger partial charge in [0.15, 0.2) is 0 Å². The zero-order chi connectivity index (χ0) is 48.9. The summed E-state index contributed by atoms with van der Waals surface area (Å²) in [5, 5.41) is 22.0.